The molecule has 3 heteroatoms. The van der Waals surface area contributed by atoms with E-state index in [1.807, 2.05) is 16.4 Å². The molecule has 8 atom stereocenters. The van der Waals surface area contributed by atoms with E-state index in [2.05, 4.69) is 51.5 Å². The van der Waals surface area contributed by atoms with Crippen molar-refractivity contribution >= 4 is 27.4 Å². The Morgan fingerprint density at radius 2 is 1.85 bits per heavy atom. The maximum absolute atomic E-state index is 11.3. The SMILES string of the molecule is CC(=O)CCSS[C@H]1CC[C@@]2(C)C(=CCC3C2CC[C@@]2(C)C3CC[C@@H]2[C@H](C)CCCC(C)C)C1. The Morgan fingerprint density at radius 1 is 1.06 bits per heavy atom. The van der Waals surface area contributed by atoms with Gasteiger partial charge in [-0.15, -0.1) is 0 Å². The second-order valence-corrected chi connectivity index (χ2v) is 16.3. The van der Waals surface area contributed by atoms with E-state index in [1.165, 1.54) is 70.6 Å². The van der Waals surface area contributed by atoms with Gasteiger partial charge < -0.3 is 0 Å². The molecule has 0 heterocycles. The molecule has 3 unspecified atom stereocenters. The molecule has 0 radical (unpaired) electrons. The predicted molar refractivity (Wildman–Crippen MR) is 152 cm³/mol. The van der Waals surface area contributed by atoms with Gasteiger partial charge in [-0.25, -0.2) is 0 Å². The first kappa shape index (κ1) is 27.2. The minimum Gasteiger partial charge on any atom is -0.300 e. The molecule has 4 aliphatic rings. The Balaban J connectivity index is 1.38. The molecule has 0 aromatic carbocycles. The maximum Gasteiger partial charge on any atom is 0.130 e. The van der Waals surface area contributed by atoms with Gasteiger partial charge in [-0.1, -0.05) is 87.1 Å². The van der Waals surface area contributed by atoms with Crippen LogP contribution in [-0.2, 0) is 4.79 Å². The molecule has 0 bridgehead atoms. The molecule has 0 amide bonds. The third-order valence-corrected chi connectivity index (χ3v) is 13.9. The van der Waals surface area contributed by atoms with Gasteiger partial charge in [0.25, 0.3) is 0 Å². The first-order chi connectivity index (χ1) is 16.1. The molecule has 0 aromatic heterocycles. The second kappa shape index (κ2) is 11.2. The lowest BCUT2D eigenvalue weighted by atomic mass is 9.47. The summed E-state index contributed by atoms with van der Waals surface area (Å²) in [5.41, 5.74) is 2.87. The Morgan fingerprint density at radius 3 is 2.59 bits per heavy atom. The van der Waals surface area contributed by atoms with Crippen LogP contribution >= 0.6 is 21.6 Å². The minimum absolute atomic E-state index is 0.328. The third kappa shape index (κ3) is 5.51. The van der Waals surface area contributed by atoms with Gasteiger partial charge in [0.15, 0.2) is 0 Å². The smallest absolute Gasteiger partial charge is 0.130 e. The molecule has 34 heavy (non-hydrogen) atoms. The lowest BCUT2D eigenvalue weighted by Gasteiger charge is -2.58. The lowest BCUT2D eigenvalue weighted by Crippen LogP contribution is -2.50. The number of hydrogen-bond acceptors (Lipinski definition) is 3. The highest BCUT2D eigenvalue weighted by Gasteiger charge is 2.59. The van der Waals surface area contributed by atoms with Crippen molar-refractivity contribution in [3.63, 3.8) is 0 Å². The number of allylic oxidation sites excluding steroid dienone is 2. The van der Waals surface area contributed by atoms with Crippen LogP contribution < -0.4 is 0 Å². The fraction of sp³-hybridized carbons (Fsp3) is 0.903. The van der Waals surface area contributed by atoms with Crippen LogP contribution in [0.4, 0.5) is 0 Å². The van der Waals surface area contributed by atoms with Crippen molar-refractivity contribution in [2.24, 2.45) is 46.3 Å². The van der Waals surface area contributed by atoms with Gasteiger partial charge in [-0.2, -0.15) is 0 Å². The maximum atomic E-state index is 11.3. The Bertz CT molecular complexity index is 744. The first-order valence-electron chi connectivity index (χ1n) is 14.6. The molecule has 4 rings (SSSR count). The van der Waals surface area contributed by atoms with E-state index < -0.39 is 0 Å². The van der Waals surface area contributed by atoms with E-state index in [1.54, 1.807) is 6.92 Å². The van der Waals surface area contributed by atoms with Crippen molar-refractivity contribution in [3.8, 4) is 0 Å². The van der Waals surface area contributed by atoms with E-state index in [0.29, 0.717) is 16.6 Å². The number of hydrogen-bond donors (Lipinski definition) is 0. The Labute approximate surface area is 219 Å². The summed E-state index contributed by atoms with van der Waals surface area (Å²) < 4.78 is 0. The molecule has 0 N–H and O–H groups in total. The first-order valence-corrected chi connectivity index (χ1v) is 17.0. The van der Waals surface area contributed by atoms with E-state index in [0.717, 1.165) is 52.9 Å². The van der Waals surface area contributed by atoms with Gasteiger partial charge >= 0.3 is 0 Å². The predicted octanol–water partition coefficient (Wildman–Crippen LogP) is 9.76. The summed E-state index contributed by atoms with van der Waals surface area (Å²) >= 11 is 0. The molecule has 3 saturated carbocycles. The summed E-state index contributed by atoms with van der Waals surface area (Å²) in [6.07, 6.45) is 19.1. The summed E-state index contributed by atoms with van der Waals surface area (Å²) in [5, 5.41) is 0.754. The van der Waals surface area contributed by atoms with Crippen molar-refractivity contribution in [1.82, 2.24) is 0 Å². The van der Waals surface area contributed by atoms with Crippen LogP contribution in [-0.4, -0.2) is 16.8 Å². The number of Topliss-reactive ketones (excluding diaryl/α,β-unsaturated/α-hetero) is 1. The molecule has 0 saturated heterocycles. The molecular formula is C31H52OS2. The monoisotopic (exact) mass is 504 g/mol. The molecular weight excluding hydrogens is 452 g/mol. The van der Waals surface area contributed by atoms with E-state index >= 15 is 0 Å². The van der Waals surface area contributed by atoms with Crippen molar-refractivity contribution in [3.05, 3.63) is 11.6 Å². The van der Waals surface area contributed by atoms with Gasteiger partial charge in [-0.3, -0.25) is 4.79 Å². The number of ketones is 1. The average Bonchev–Trinajstić information content (AvgIpc) is 3.13. The number of carbonyl (C=O) groups is 1. The fourth-order valence-electron chi connectivity index (χ4n) is 9.06. The highest BCUT2D eigenvalue weighted by atomic mass is 33.1. The normalized spacial score (nSPS) is 40.3. The van der Waals surface area contributed by atoms with Crippen LogP contribution in [0.5, 0.6) is 0 Å². The number of rotatable bonds is 10. The van der Waals surface area contributed by atoms with Crippen LogP contribution in [0.3, 0.4) is 0 Å². The second-order valence-electron chi connectivity index (χ2n) is 13.5. The molecule has 194 valence electrons. The van der Waals surface area contributed by atoms with Crippen LogP contribution in [0.1, 0.15) is 119 Å². The van der Waals surface area contributed by atoms with Crippen LogP contribution in [0.2, 0.25) is 0 Å². The quantitative estimate of drug-likeness (QED) is 0.167. The average molecular weight is 505 g/mol. The summed E-state index contributed by atoms with van der Waals surface area (Å²) in [6.45, 7) is 14.4. The van der Waals surface area contributed by atoms with Crippen molar-refractivity contribution in [2.75, 3.05) is 5.75 Å². The van der Waals surface area contributed by atoms with Crippen LogP contribution in [0, 0.1) is 46.3 Å². The number of carbonyl (C=O) groups excluding carboxylic acids is 1. The zero-order chi connectivity index (χ0) is 24.5. The molecule has 3 fully saturated rings. The van der Waals surface area contributed by atoms with Crippen LogP contribution in [0.25, 0.3) is 0 Å². The molecule has 0 aromatic rings. The summed E-state index contributed by atoms with van der Waals surface area (Å²) in [4.78, 5) is 11.3. The summed E-state index contributed by atoms with van der Waals surface area (Å²) in [7, 11) is 4.01. The largest absolute Gasteiger partial charge is 0.300 e. The zero-order valence-corrected chi connectivity index (χ0v) is 24.7. The van der Waals surface area contributed by atoms with E-state index in [4.69, 9.17) is 0 Å². The molecule has 0 spiro atoms. The Hall–Kier alpha value is 0.110. The molecule has 1 nitrogen and oxygen atoms in total. The molecule has 4 aliphatic carbocycles. The van der Waals surface area contributed by atoms with Gasteiger partial charge in [0.2, 0.25) is 0 Å². The number of fused-ring (bicyclic) bond motifs is 5. The summed E-state index contributed by atoms with van der Waals surface area (Å²) in [6, 6.07) is 0. The van der Waals surface area contributed by atoms with Gasteiger partial charge in [0.1, 0.15) is 5.78 Å². The lowest BCUT2D eigenvalue weighted by molar-refractivity contribution is -0.116. The molecule has 0 aliphatic heterocycles. The zero-order valence-electron chi connectivity index (χ0n) is 23.0. The fourth-order valence-corrected chi connectivity index (χ4v) is 11.8. The van der Waals surface area contributed by atoms with E-state index in [-0.39, 0.29) is 0 Å². The topological polar surface area (TPSA) is 17.1 Å². The highest BCUT2D eigenvalue weighted by Crippen LogP contribution is 2.67. The Kier molecular flexibility index (Phi) is 8.98. The van der Waals surface area contributed by atoms with Gasteiger partial charge in [-0.05, 0) is 105 Å². The van der Waals surface area contributed by atoms with Gasteiger partial charge in [0.05, 0.1) is 0 Å². The van der Waals surface area contributed by atoms with Gasteiger partial charge in [0, 0.05) is 17.4 Å². The van der Waals surface area contributed by atoms with Crippen LogP contribution in [0.15, 0.2) is 11.6 Å². The van der Waals surface area contributed by atoms with E-state index in [9.17, 15) is 4.79 Å². The minimum atomic E-state index is 0.328. The van der Waals surface area contributed by atoms with Crippen molar-refractivity contribution in [1.29, 1.82) is 0 Å². The highest BCUT2D eigenvalue weighted by molar-refractivity contribution is 8.76. The van der Waals surface area contributed by atoms with Crippen molar-refractivity contribution < 1.29 is 4.79 Å². The standard InChI is InChI=1S/C31H52OS2/c1-21(2)8-7-9-22(3)27-12-13-28-26-11-10-24-20-25(34-33-19-16-23(4)32)14-17-30(24,5)29(26)15-18-31(27,28)6/h10,21-22,25-29H,7-9,11-20H2,1-6H3/t22-,25+,26?,27-,28?,29?,30+,31-/m1/s1. The third-order valence-electron chi connectivity index (χ3n) is 11.0. The van der Waals surface area contributed by atoms with Crippen molar-refractivity contribution in [2.45, 2.75) is 124 Å². The summed E-state index contributed by atoms with van der Waals surface area (Å²) in [5.74, 6) is 6.86.